The number of nitrogens with one attached hydrogen (secondary N) is 2. The highest BCUT2D eigenvalue weighted by molar-refractivity contribution is 6.31. The molecule has 0 spiro atoms. The van der Waals surface area contributed by atoms with Gasteiger partial charge in [-0.15, -0.1) is 0 Å². The Bertz CT molecular complexity index is 875. The second-order valence-corrected chi connectivity index (χ2v) is 10.1. The lowest BCUT2D eigenvalue weighted by atomic mass is 9.49. The van der Waals surface area contributed by atoms with Crippen LogP contribution in [-0.4, -0.2) is 36.6 Å². The van der Waals surface area contributed by atoms with Gasteiger partial charge in [-0.3, -0.25) is 4.90 Å². The molecule has 0 radical (unpaired) electrons. The van der Waals surface area contributed by atoms with Crippen LogP contribution in [0, 0.1) is 17.3 Å². The predicted molar refractivity (Wildman–Crippen MR) is 116 cm³/mol. The van der Waals surface area contributed by atoms with Crippen LogP contribution in [0.25, 0.3) is 0 Å². The van der Waals surface area contributed by atoms with Crippen molar-refractivity contribution in [3.63, 3.8) is 0 Å². The van der Waals surface area contributed by atoms with Gasteiger partial charge in [0.05, 0.1) is 10.6 Å². The smallest absolute Gasteiger partial charge is 0.335 e. The topological polar surface area (TPSA) is 44.4 Å². The summed E-state index contributed by atoms with van der Waals surface area (Å²) >= 11 is 5.63. The van der Waals surface area contributed by atoms with E-state index in [0.29, 0.717) is 11.3 Å². The van der Waals surface area contributed by atoms with E-state index in [1.807, 2.05) is 0 Å². The molecule has 0 unspecified atom stereocenters. The number of carbonyl (C=O) groups is 1. The van der Waals surface area contributed by atoms with Crippen molar-refractivity contribution in [1.29, 1.82) is 0 Å². The van der Waals surface area contributed by atoms with Crippen LogP contribution in [0.15, 0.2) is 29.8 Å². The average molecular weight is 456 g/mol. The van der Waals surface area contributed by atoms with Crippen LogP contribution in [0.4, 0.5) is 23.7 Å². The summed E-state index contributed by atoms with van der Waals surface area (Å²) in [6.07, 6.45) is 2.03. The molecule has 2 N–H and O–H groups in total. The van der Waals surface area contributed by atoms with Crippen LogP contribution < -0.4 is 10.6 Å². The molecule has 170 valence electrons. The summed E-state index contributed by atoms with van der Waals surface area (Å²) in [6, 6.07) is 2.88. The maximum absolute atomic E-state index is 13.0. The number of halogens is 4. The number of likely N-dealkylation sites (tertiary alicyclic amines) is 1. The number of amides is 2. The Hall–Kier alpha value is -1.73. The molecule has 31 heavy (non-hydrogen) atoms. The van der Waals surface area contributed by atoms with Gasteiger partial charge in [0.1, 0.15) is 0 Å². The molecule has 2 bridgehead atoms. The number of rotatable bonds is 4. The number of piperidine rings is 1. The fourth-order valence-electron chi connectivity index (χ4n) is 5.32. The van der Waals surface area contributed by atoms with E-state index in [0.717, 1.165) is 50.5 Å². The van der Waals surface area contributed by atoms with Gasteiger partial charge in [0, 0.05) is 31.4 Å². The Labute approximate surface area is 186 Å². The van der Waals surface area contributed by atoms with E-state index < -0.39 is 17.8 Å². The number of allylic oxidation sites excluding steroid dienone is 1. The zero-order chi connectivity index (χ0) is 22.4. The summed E-state index contributed by atoms with van der Waals surface area (Å²) < 4.78 is 39.0. The Morgan fingerprint density at radius 3 is 2.58 bits per heavy atom. The second-order valence-electron chi connectivity index (χ2n) is 9.66. The number of hydrogen-bond acceptors (Lipinski definition) is 2. The van der Waals surface area contributed by atoms with E-state index in [2.05, 4.69) is 35.5 Å². The summed E-state index contributed by atoms with van der Waals surface area (Å²) in [4.78, 5) is 14.7. The van der Waals surface area contributed by atoms with Gasteiger partial charge >= 0.3 is 12.2 Å². The minimum atomic E-state index is -4.57. The van der Waals surface area contributed by atoms with E-state index >= 15 is 0 Å². The number of benzene rings is 1. The maximum Gasteiger partial charge on any atom is 0.417 e. The monoisotopic (exact) mass is 455 g/mol. The molecule has 2 amide bonds. The molecule has 1 saturated heterocycles. The lowest BCUT2D eigenvalue weighted by molar-refractivity contribution is -0.137. The first kappa shape index (κ1) is 22.5. The van der Waals surface area contributed by atoms with Gasteiger partial charge in [0.25, 0.3) is 0 Å². The molecule has 1 heterocycles. The highest BCUT2D eigenvalue weighted by Crippen LogP contribution is 2.59. The predicted octanol–water partition coefficient (Wildman–Crippen LogP) is 5.94. The second kappa shape index (κ2) is 8.32. The minimum Gasteiger partial charge on any atom is -0.335 e. The van der Waals surface area contributed by atoms with Crippen molar-refractivity contribution in [1.82, 2.24) is 10.2 Å². The SMILES string of the molecule is CC1(C)[C@H]2CC=C(CN3CCC(NC(=O)Nc4ccc(Cl)c(C(F)(F)F)c4)CC3)[C@H]1C2. The molecule has 1 aromatic rings. The molecule has 5 rings (SSSR count). The third-order valence-electron chi connectivity index (χ3n) is 7.44. The fraction of sp³-hybridized carbons (Fsp3) is 0.609. The summed E-state index contributed by atoms with van der Waals surface area (Å²) in [5.74, 6) is 1.54. The Morgan fingerprint density at radius 2 is 1.97 bits per heavy atom. The zero-order valence-corrected chi connectivity index (χ0v) is 18.6. The molecule has 2 fully saturated rings. The maximum atomic E-state index is 13.0. The van der Waals surface area contributed by atoms with Crippen molar-refractivity contribution in [3.05, 3.63) is 40.4 Å². The van der Waals surface area contributed by atoms with Crippen LogP contribution in [0.5, 0.6) is 0 Å². The molecule has 0 aromatic heterocycles. The standard InChI is InChI=1S/C23H29ClF3N3O/c1-22(2)15-4-3-14(18(22)11-15)13-30-9-7-16(8-10-30)28-21(31)29-17-5-6-20(24)19(12-17)23(25,26)27/h3,5-6,12,15-16,18H,4,7-11,13H2,1-2H3,(H2,28,29,31)/t15-,18+/m0/s1. The Kier molecular flexibility index (Phi) is 6.03. The van der Waals surface area contributed by atoms with Gasteiger partial charge in [0.2, 0.25) is 0 Å². The van der Waals surface area contributed by atoms with E-state index in [1.54, 1.807) is 5.57 Å². The first-order valence-corrected chi connectivity index (χ1v) is 11.3. The molecule has 3 aliphatic carbocycles. The van der Waals surface area contributed by atoms with E-state index in [9.17, 15) is 18.0 Å². The van der Waals surface area contributed by atoms with Crippen molar-refractivity contribution in [2.45, 2.75) is 51.7 Å². The van der Waals surface area contributed by atoms with Crippen molar-refractivity contribution in [2.75, 3.05) is 25.0 Å². The minimum absolute atomic E-state index is 0.00972. The molecule has 8 heteroatoms. The lowest BCUT2D eigenvalue weighted by Crippen LogP contribution is -2.51. The molecule has 1 aromatic carbocycles. The first-order valence-electron chi connectivity index (χ1n) is 10.9. The van der Waals surface area contributed by atoms with Crippen LogP contribution in [0.3, 0.4) is 0 Å². The molecule has 1 saturated carbocycles. The molecular weight excluding hydrogens is 427 g/mol. The number of carbonyl (C=O) groups excluding carboxylic acids is 1. The van der Waals surface area contributed by atoms with E-state index in [1.165, 1.54) is 18.9 Å². The number of hydrogen-bond donors (Lipinski definition) is 2. The van der Waals surface area contributed by atoms with Gasteiger partial charge in [-0.05, 0) is 61.1 Å². The van der Waals surface area contributed by atoms with E-state index in [-0.39, 0.29) is 16.8 Å². The van der Waals surface area contributed by atoms with E-state index in [4.69, 9.17) is 11.6 Å². The van der Waals surface area contributed by atoms with Gasteiger partial charge in [-0.1, -0.05) is 37.1 Å². The number of fused-ring (bicyclic) bond motifs is 1. The Morgan fingerprint density at radius 1 is 1.26 bits per heavy atom. The Balaban J connectivity index is 1.25. The van der Waals surface area contributed by atoms with Crippen molar-refractivity contribution >= 4 is 23.3 Å². The van der Waals surface area contributed by atoms with Gasteiger partial charge in [-0.25, -0.2) is 4.79 Å². The number of anilines is 1. The van der Waals surface area contributed by atoms with Crippen LogP contribution in [-0.2, 0) is 6.18 Å². The summed E-state index contributed by atoms with van der Waals surface area (Å²) in [6.45, 7) is 7.57. The van der Waals surface area contributed by atoms with Gasteiger partial charge in [0.15, 0.2) is 0 Å². The first-order chi connectivity index (χ1) is 14.5. The van der Waals surface area contributed by atoms with Crippen molar-refractivity contribution in [3.8, 4) is 0 Å². The molecule has 2 atom stereocenters. The van der Waals surface area contributed by atoms with Gasteiger partial charge < -0.3 is 10.6 Å². The van der Waals surface area contributed by atoms with Crippen LogP contribution >= 0.6 is 11.6 Å². The average Bonchev–Trinajstić information content (AvgIpc) is 2.70. The van der Waals surface area contributed by atoms with Crippen LogP contribution in [0.1, 0.15) is 45.1 Å². The quantitative estimate of drug-likeness (QED) is 0.552. The number of nitrogens with zero attached hydrogens (tertiary/aromatic N) is 1. The summed E-state index contributed by atoms with van der Waals surface area (Å²) in [7, 11) is 0. The third-order valence-corrected chi connectivity index (χ3v) is 7.77. The largest absolute Gasteiger partial charge is 0.417 e. The molecular formula is C23H29ClF3N3O. The molecule has 1 aliphatic heterocycles. The number of alkyl halides is 3. The van der Waals surface area contributed by atoms with Crippen molar-refractivity contribution in [2.24, 2.45) is 17.3 Å². The third kappa shape index (κ3) is 4.72. The van der Waals surface area contributed by atoms with Crippen LogP contribution in [0.2, 0.25) is 5.02 Å². The highest BCUT2D eigenvalue weighted by Gasteiger charge is 2.51. The summed E-state index contributed by atoms with van der Waals surface area (Å²) in [5, 5.41) is 4.99. The van der Waals surface area contributed by atoms with Gasteiger partial charge in [-0.2, -0.15) is 13.2 Å². The highest BCUT2D eigenvalue weighted by atomic mass is 35.5. The number of urea groups is 1. The van der Waals surface area contributed by atoms with Crippen molar-refractivity contribution < 1.29 is 18.0 Å². The lowest BCUT2D eigenvalue weighted by Gasteiger charge is -2.57. The molecule has 4 aliphatic rings. The fourth-order valence-corrected chi connectivity index (χ4v) is 5.55. The molecule has 4 nitrogen and oxygen atoms in total. The zero-order valence-electron chi connectivity index (χ0n) is 17.9. The normalized spacial score (nSPS) is 26.1. The summed E-state index contributed by atoms with van der Waals surface area (Å²) in [5.41, 5.74) is 1.10.